The number of benzene rings is 1. The molecule has 0 aromatic heterocycles. The summed E-state index contributed by atoms with van der Waals surface area (Å²) in [5.74, 6) is -0.0276. The number of nitrogens with zero attached hydrogens (tertiary/aromatic N) is 2. The summed E-state index contributed by atoms with van der Waals surface area (Å²) in [6, 6.07) is 10.0. The first kappa shape index (κ1) is 19.9. The van der Waals surface area contributed by atoms with Crippen molar-refractivity contribution in [3.8, 4) is 0 Å². The molecule has 0 unspecified atom stereocenters. The largest absolute Gasteiger partial charge is 0.355 e. The van der Waals surface area contributed by atoms with E-state index in [1.54, 1.807) is 4.31 Å². The van der Waals surface area contributed by atoms with Crippen molar-refractivity contribution in [2.45, 2.75) is 38.3 Å². The molecule has 140 valence electrons. The van der Waals surface area contributed by atoms with Crippen LogP contribution >= 0.6 is 0 Å². The minimum Gasteiger partial charge on any atom is -0.355 e. The normalized spacial score (nSPS) is 19.1. The van der Waals surface area contributed by atoms with Gasteiger partial charge in [0.2, 0.25) is 15.9 Å². The third-order valence-electron chi connectivity index (χ3n) is 4.51. The molecule has 0 radical (unpaired) electrons. The number of nitrogens with one attached hydrogen (secondary N) is 1. The summed E-state index contributed by atoms with van der Waals surface area (Å²) in [7, 11) is -1.25. The molecule has 1 fully saturated rings. The van der Waals surface area contributed by atoms with Gasteiger partial charge in [-0.2, -0.15) is 4.31 Å². The van der Waals surface area contributed by atoms with E-state index < -0.39 is 10.0 Å². The molecule has 1 saturated heterocycles. The molecule has 2 rings (SSSR count). The van der Waals surface area contributed by atoms with E-state index >= 15 is 0 Å². The van der Waals surface area contributed by atoms with E-state index in [0.29, 0.717) is 26.1 Å². The van der Waals surface area contributed by atoms with Gasteiger partial charge in [-0.3, -0.25) is 9.69 Å². The number of rotatable bonds is 8. The molecule has 7 heteroatoms. The van der Waals surface area contributed by atoms with E-state index in [1.165, 1.54) is 11.8 Å². The molecule has 1 heterocycles. The standard InChI is InChI=1S/C18H29N3O3S/c1-20(14-16-8-4-3-5-9-16)15-18(22)19-12-11-17-10-6-7-13-21(17)25(2,23)24/h3-5,8-9,17H,6-7,10-15H2,1-2H3,(H,19,22)/t17-/m1/s1. The van der Waals surface area contributed by atoms with Gasteiger partial charge >= 0.3 is 0 Å². The first-order chi connectivity index (χ1) is 11.9. The fourth-order valence-electron chi connectivity index (χ4n) is 3.33. The molecular formula is C18H29N3O3S. The third kappa shape index (κ3) is 6.76. The summed E-state index contributed by atoms with van der Waals surface area (Å²) in [5.41, 5.74) is 1.17. The molecule has 1 aliphatic heterocycles. The van der Waals surface area contributed by atoms with Crippen LogP contribution in [0.1, 0.15) is 31.2 Å². The average Bonchev–Trinajstić information content (AvgIpc) is 2.55. The lowest BCUT2D eigenvalue weighted by molar-refractivity contribution is -0.122. The molecule has 0 saturated carbocycles. The third-order valence-corrected chi connectivity index (χ3v) is 5.84. The van der Waals surface area contributed by atoms with Crippen molar-refractivity contribution in [1.82, 2.24) is 14.5 Å². The van der Waals surface area contributed by atoms with Crippen molar-refractivity contribution < 1.29 is 13.2 Å². The fourth-order valence-corrected chi connectivity index (χ4v) is 4.54. The highest BCUT2D eigenvalue weighted by Crippen LogP contribution is 2.21. The number of piperidine rings is 1. The van der Waals surface area contributed by atoms with Crippen LogP contribution in [0.25, 0.3) is 0 Å². The first-order valence-corrected chi connectivity index (χ1v) is 10.7. The summed E-state index contributed by atoms with van der Waals surface area (Å²) in [4.78, 5) is 14.0. The summed E-state index contributed by atoms with van der Waals surface area (Å²) in [5, 5.41) is 2.92. The summed E-state index contributed by atoms with van der Waals surface area (Å²) in [6.07, 6.45) is 4.77. The van der Waals surface area contributed by atoms with Gasteiger partial charge < -0.3 is 5.32 Å². The number of carbonyl (C=O) groups excluding carboxylic acids is 1. The predicted molar refractivity (Wildman–Crippen MR) is 99.6 cm³/mol. The Morgan fingerprint density at radius 3 is 2.68 bits per heavy atom. The number of amides is 1. The Balaban J connectivity index is 1.72. The van der Waals surface area contributed by atoms with Gasteiger partial charge in [0.05, 0.1) is 12.8 Å². The van der Waals surface area contributed by atoms with Crippen LogP contribution < -0.4 is 5.32 Å². The maximum Gasteiger partial charge on any atom is 0.234 e. The van der Waals surface area contributed by atoms with E-state index in [2.05, 4.69) is 5.32 Å². The van der Waals surface area contributed by atoms with Gasteiger partial charge in [0, 0.05) is 25.7 Å². The highest BCUT2D eigenvalue weighted by molar-refractivity contribution is 7.88. The second kappa shape index (κ2) is 9.31. The van der Waals surface area contributed by atoms with Crippen molar-refractivity contribution in [2.24, 2.45) is 0 Å². The van der Waals surface area contributed by atoms with Crippen molar-refractivity contribution in [3.05, 3.63) is 35.9 Å². The van der Waals surface area contributed by atoms with Crippen LogP contribution in [0.5, 0.6) is 0 Å². The maximum absolute atomic E-state index is 12.1. The van der Waals surface area contributed by atoms with Gasteiger partial charge in [0.25, 0.3) is 0 Å². The van der Waals surface area contributed by atoms with Crippen LogP contribution in [0.15, 0.2) is 30.3 Å². The lowest BCUT2D eigenvalue weighted by Crippen LogP contribution is -2.45. The van der Waals surface area contributed by atoms with Gasteiger partial charge in [-0.25, -0.2) is 8.42 Å². The highest BCUT2D eigenvalue weighted by atomic mass is 32.2. The molecule has 1 N–H and O–H groups in total. The molecule has 0 aliphatic carbocycles. The molecule has 1 amide bonds. The highest BCUT2D eigenvalue weighted by Gasteiger charge is 2.28. The van der Waals surface area contributed by atoms with E-state index in [4.69, 9.17) is 0 Å². The van der Waals surface area contributed by atoms with Crippen LogP contribution in [0.4, 0.5) is 0 Å². The Kier molecular flexibility index (Phi) is 7.40. The van der Waals surface area contributed by atoms with E-state index in [0.717, 1.165) is 25.8 Å². The summed E-state index contributed by atoms with van der Waals surface area (Å²) in [6.45, 7) is 2.15. The Labute approximate surface area is 151 Å². The van der Waals surface area contributed by atoms with E-state index in [1.807, 2.05) is 42.3 Å². The number of carbonyl (C=O) groups is 1. The first-order valence-electron chi connectivity index (χ1n) is 8.82. The van der Waals surface area contributed by atoms with Gasteiger partial charge in [0.1, 0.15) is 0 Å². The van der Waals surface area contributed by atoms with E-state index in [9.17, 15) is 13.2 Å². The second-order valence-corrected chi connectivity index (χ2v) is 8.75. The molecular weight excluding hydrogens is 338 g/mol. The molecule has 1 aromatic rings. The monoisotopic (exact) mass is 367 g/mol. The number of hydrogen-bond donors (Lipinski definition) is 1. The Morgan fingerprint density at radius 2 is 2.00 bits per heavy atom. The molecule has 0 bridgehead atoms. The van der Waals surface area contributed by atoms with Gasteiger partial charge in [-0.1, -0.05) is 36.8 Å². The lowest BCUT2D eigenvalue weighted by atomic mass is 10.0. The SMILES string of the molecule is CN(CC(=O)NCC[C@H]1CCCCN1S(C)(=O)=O)Cc1ccccc1. The number of hydrogen-bond acceptors (Lipinski definition) is 4. The Bertz CT molecular complexity index is 649. The van der Waals surface area contributed by atoms with Crippen LogP contribution in [0.3, 0.4) is 0 Å². The smallest absolute Gasteiger partial charge is 0.234 e. The lowest BCUT2D eigenvalue weighted by Gasteiger charge is -2.33. The van der Waals surface area contributed by atoms with Crippen LogP contribution in [0, 0.1) is 0 Å². The Hall–Kier alpha value is -1.44. The zero-order valence-corrected chi connectivity index (χ0v) is 16.0. The zero-order valence-electron chi connectivity index (χ0n) is 15.1. The minimum absolute atomic E-state index is 0.00565. The molecule has 6 nitrogen and oxygen atoms in total. The van der Waals surface area contributed by atoms with Crippen LogP contribution in [-0.4, -0.2) is 62.5 Å². The van der Waals surface area contributed by atoms with Crippen molar-refractivity contribution in [1.29, 1.82) is 0 Å². The minimum atomic E-state index is -3.17. The van der Waals surface area contributed by atoms with E-state index in [-0.39, 0.29) is 11.9 Å². The number of likely N-dealkylation sites (N-methyl/N-ethyl adjacent to an activating group) is 1. The predicted octanol–water partition coefficient (Wildman–Crippen LogP) is 1.44. The fraction of sp³-hybridized carbons (Fsp3) is 0.611. The molecule has 25 heavy (non-hydrogen) atoms. The molecule has 0 spiro atoms. The molecule has 1 aromatic carbocycles. The van der Waals surface area contributed by atoms with Gasteiger partial charge in [-0.15, -0.1) is 0 Å². The van der Waals surface area contributed by atoms with Crippen molar-refractivity contribution >= 4 is 15.9 Å². The quantitative estimate of drug-likeness (QED) is 0.755. The summed E-state index contributed by atoms with van der Waals surface area (Å²) < 4.78 is 25.3. The number of sulfonamides is 1. The topological polar surface area (TPSA) is 69.7 Å². The second-order valence-electron chi connectivity index (χ2n) is 6.82. The molecule has 1 atom stereocenters. The van der Waals surface area contributed by atoms with Gasteiger partial charge in [0.15, 0.2) is 0 Å². The zero-order chi connectivity index (χ0) is 18.3. The van der Waals surface area contributed by atoms with Crippen LogP contribution in [0.2, 0.25) is 0 Å². The maximum atomic E-state index is 12.1. The summed E-state index contributed by atoms with van der Waals surface area (Å²) >= 11 is 0. The van der Waals surface area contributed by atoms with Crippen molar-refractivity contribution in [2.75, 3.05) is 32.9 Å². The Morgan fingerprint density at radius 1 is 1.28 bits per heavy atom. The van der Waals surface area contributed by atoms with Crippen molar-refractivity contribution in [3.63, 3.8) is 0 Å². The van der Waals surface area contributed by atoms with Gasteiger partial charge in [-0.05, 0) is 31.9 Å². The molecule has 1 aliphatic rings. The average molecular weight is 368 g/mol. The van der Waals surface area contributed by atoms with Crippen LogP contribution in [-0.2, 0) is 21.4 Å².